The summed E-state index contributed by atoms with van der Waals surface area (Å²) in [6.45, 7) is 0.428. The van der Waals surface area contributed by atoms with Crippen LogP contribution in [0.25, 0.3) is 0 Å². The zero-order chi connectivity index (χ0) is 12.5. The maximum atomic E-state index is 11.2. The van der Waals surface area contributed by atoms with Crippen molar-refractivity contribution in [2.75, 3.05) is 12.4 Å². The molecule has 0 saturated carbocycles. The third-order valence-electron chi connectivity index (χ3n) is 1.97. The Bertz CT molecular complexity index is 370. The quantitative estimate of drug-likeness (QED) is 0.774. The minimum absolute atomic E-state index is 0.134. The van der Waals surface area contributed by atoms with Crippen LogP contribution in [0.1, 0.15) is 12.1 Å². The molecule has 6 heteroatoms. The van der Waals surface area contributed by atoms with Crippen LogP contribution in [0, 0.1) is 0 Å². The number of alkyl halides is 1. The molecule has 0 unspecified atom stereocenters. The van der Waals surface area contributed by atoms with Gasteiger partial charge < -0.3 is 5.32 Å². The molecule has 0 radical (unpaired) electrons. The van der Waals surface area contributed by atoms with Crippen molar-refractivity contribution in [2.24, 2.45) is 0 Å². The number of aromatic nitrogens is 1. The van der Waals surface area contributed by atoms with Crippen molar-refractivity contribution in [3.63, 3.8) is 0 Å². The molecular formula is C11H14ClN3O2. The Hall–Kier alpha value is -1.62. The first-order valence-corrected chi connectivity index (χ1v) is 5.79. The van der Waals surface area contributed by atoms with Gasteiger partial charge in [0, 0.05) is 37.2 Å². The highest BCUT2D eigenvalue weighted by atomic mass is 35.5. The van der Waals surface area contributed by atoms with E-state index < -0.39 is 6.03 Å². The molecule has 0 bridgehead atoms. The van der Waals surface area contributed by atoms with E-state index in [4.69, 9.17) is 11.6 Å². The lowest BCUT2D eigenvalue weighted by Gasteiger charge is -2.05. The van der Waals surface area contributed by atoms with E-state index in [1.54, 1.807) is 6.20 Å². The number of imide groups is 1. The third kappa shape index (κ3) is 5.87. The van der Waals surface area contributed by atoms with Crippen LogP contribution in [0.3, 0.4) is 0 Å². The van der Waals surface area contributed by atoms with E-state index in [9.17, 15) is 9.59 Å². The predicted octanol–water partition coefficient (Wildman–Crippen LogP) is 1.08. The SMILES string of the molecule is O=C(CCCl)NC(=O)NCCc1ccccn1. The van der Waals surface area contributed by atoms with Crippen molar-refractivity contribution in [3.8, 4) is 0 Å². The molecule has 0 fully saturated rings. The van der Waals surface area contributed by atoms with Crippen molar-refractivity contribution in [1.29, 1.82) is 0 Å². The largest absolute Gasteiger partial charge is 0.337 e. The minimum atomic E-state index is -0.504. The molecule has 1 heterocycles. The van der Waals surface area contributed by atoms with Crippen molar-refractivity contribution in [1.82, 2.24) is 15.6 Å². The van der Waals surface area contributed by atoms with Crippen LogP contribution in [0.2, 0.25) is 0 Å². The zero-order valence-corrected chi connectivity index (χ0v) is 10.0. The molecule has 0 aliphatic rings. The van der Waals surface area contributed by atoms with Gasteiger partial charge in [-0.15, -0.1) is 11.6 Å². The lowest BCUT2D eigenvalue weighted by atomic mass is 10.3. The third-order valence-corrected chi connectivity index (χ3v) is 2.16. The van der Waals surface area contributed by atoms with Crippen molar-refractivity contribution in [3.05, 3.63) is 30.1 Å². The highest BCUT2D eigenvalue weighted by Crippen LogP contribution is 1.92. The van der Waals surface area contributed by atoms with Crippen molar-refractivity contribution < 1.29 is 9.59 Å². The van der Waals surface area contributed by atoms with E-state index in [0.717, 1.165) is 5.69 Å². The molecule has 0 aliphatic heterocycles. The molecule has 92 valence electrons. The molecule has 0 atom stereocenters. The Morgan fingerprint density at radius 2 is 2.18 bits per heavy atom. The van der Waals surface area contributed by atoms with Gasteiger partial charge in [-0.3, -0.25) is 15.1 Å². The molecule has 0 aliphatic carbocycles. The van der Waals surface area contributed by atoms with Gasteiger partial charge in [0.1, 0.15) is 0 Å². The number of carbonyl (C=O) groups is 2. The molecule has 2 N–H and O–H groups in total. The number of amides is 3. The van der Waals surface area contributed by atoms with Crippen LogP contribution in [0.4, 0.5) is 4.79 Å². The molecule has 17 heavy (non-hydrogen) atoms. The Morgan fingerprint density at radius 1 is 1.35 bits per heavy atom. The van der Waals surface area contributed by atoms with Gasteiger partial charge in [0.15, 0.2) is 0 Å². The number of rotatable bonds is 5. The van der Waals surface area contributed by atoms with E-state index in [2.05, 4.69) is 15.6 Å². The van der Waals surface area contributed by atoms with Crippen LogP contribution in [0.5, 0.6) is 0 Å². The van der Waals surface area contributed by atoms with Gasteiger partial charge >= 0.3 is 6.03 Å². The van der Waals surface area contributed by atoms with Gasteiger partial charge in [0.25, 0.3) is 0 Å². The van der Waals surface area contributed by atoms with Gasteiger partial charge in [-0.25, -0.2) is 4.79 Å². The lowest BCUT2D eigenvalue weighted by Crippen LogP contribution is -2.40. The van der Waals surface area contributed by atoms with E-state index >= 15 is 0 Å². The van der Waals surface area contributed by atoms with E-state index in [1.807, 2.05) is 18.2 Å². The highest BCUT2D eigenvalue weighted by molar-refractivity contribution is 6.19. The number of nitrogens with zero attached hydrogens (tertiary/aromatic N) is 1. The molecular weight excluding hydrogens is 242 g/mol. The van der Waals surface area contributed by atoms with E-state index in [1.165, 1.54) is 0 Å². The molecule has 0 aromatic carbocycles. The summed E-state index contributed by atoms with van der Waals surface area (Å²) in [6, 6.07) is 5.08. The molecule has 1 rings (SSSR count). The van der Waals surface area contributed by atoms with Crippen LogP contribution in [0.15, 0.2) is 24.4 Å². The van der Waals surface area contributed by atoms with E-state index in [-0.39, 0.29) is 18.2 Å². The summed E-state index contributed by atoms with van der Waals surface area (Å²) in [5, 5.41) is 4.74. The number of hydrogen-bond acceptors (Lipinski definition) is 3. The first-order valence-electron chi connectivity index (χ1n) is 5.26. The fourth-order valence-electron chi connectivity index (χ4n) is 1.17. The normalized spacial score (nSPS) is 9.71. The fraction of sp³-hybridized carbons (Fsp3) is 0.364. The summed E-state index contributed by atoms with van der Waals surface area (Å²) in [4.78, 5) is 26.3. The Balaban J connectivity index is 2.18. The lowest BCUT2D eigenvalue weighted by molar-refractivity contribution is -0.119. The zero-order valence-electron chi connectivity index (χ0n) is 9.28. The molecule has 5 nitrogen and oxygen atoms in total. The maximum Gasteiger partial charge on any atom is 0.321 e. The summed E-state index contributed by atoms with van der Waals surface area (Å²) >= 11 is 5.36. The molecule has 0 spiro atoms. The van der Waals surface area contributed by atoms with Crippen LogP contribution >= 0.6 is 11.6 Å². The number of urea groups is 1. The summed E-state index contributed by atoms with van der Waals surface area (Å²) in [5.74, 6) is -0.178. The Labute approximate surface area is 105 Å². The second kappa shape index (κ2) is 7.62. The van der Waals surface area contributed by atoms with Crippen LogP contribution < -0.4 is 10.6 Å². The van der Waals surface area contributed by atoms with Gasteiger partial charge in [-0.2, -0.15) is 0 Å². The average molecular weight is 256 g/mol. The first-order chi connectivity index (χ1) is 8.22. The summed E-state index contributed by atoms with van der Waals surface area (Å²) in [5.41, 5.74) is 0.889. The number of hydrogen-bond donors (Lipinski definition) is 2. The second-order valence-corrected chi connectivity index (χ2v) is 3.69. The number of carbonyl (C=O) groups excluding carboxylic acids is 2. The first kappa shape index (κ1) is 13.4. The van der Waals surface area contributed by atoms with Crippen molar-refractivity contribution in [2.45, 2.75) is 12.8 Å². The highest BCUT2D eigenvalue weighted by Gasteiger charge is 2.05. The molecule has 1 aromatic rings. The monoisotopic (exact) mass is 255 g/mol. The Kier molecular flexibility index (Phi) is 6.03. The smallest absolute Gasteiger partial charge is 0.321 e. The fourth-order valence-corrected chi connectivity index (χ4v) is 1.34. The summed E-state index contributed by atoms with van der Waals surface area (Å²) in [6.07, 6.45) is 2.45. The maximum absolute atomic E-state index is 11.2. The van der Waals surface area contributed by atoms with Gasteiger partial charge in [0.05, 0.1) is 0 Å². The average Bonchev–Trinajstić information content (AvgIpc) is 2.30. The van der Waals surface area contributed by atoms with Crippen LogP contribution in [-0.4, -0.2) is 29.3 Å². The standard InChI is InChI=1S/C11H14ClN3O2/c12-6-4-10(16)15-11(17)14-8-5-9-3-1-2-7-13-9/h1-3,7H,4-6,8H2,(H2,14,15,16,17). The molecule has 1 aromatic heterocycles. The van der Waals surface area contributed by atoms with Gasteiger partial charge in [0.2, 0.25) is 5.91 Å². The van der Waals surface area contributed by atoms with Crippen molar-refractivity contribution >= 4 is 23.5 Å². The number of pyridine rings is 1. The number of halogens is 1. The molecule has 0 saturated heterocycles. The molecule has 3 amide bonds. The Morgan fingerprint density at radius 3 is 2.82 bits per heavy atom. The predicted molar refractivity (Wildman–Crippen MR) is 64.8 cm³/mol. The second-order valence-electron chi connectivity index (χ2n) is 3.31. The van der Waals surface area contributed by atoms with Gasteiger partial charge in [-0.1, -0.05) is 6.07 Å². The van der Waals surface area contributed by atoms with Gasteiger partial charge in [-0.05, 0) is 12.1 Å². The summed E-state index contributed by atoms with van der Waals surface area (Å²) in [7, 11) is 0. The van der Waals surface area contributed by atoms with Crippen LogP contribution in [-0.2, 0) is 11.2 Å². The van der Waals surface area contributed by atoms with E-state index in [0.29, 0.717) is 13.0 Å². The minimum Gasteiger partial charge on any atom is -0.337 e. The topological polar surface area (TPSA) is 71.1 Å². The number of nitrogens with one attached hydrogen (secondary N) is 2. The summed E-state index contributed by atoms with van der Waals surface area (Å²) < 4.78 is 0.